The first-order chi connectivity index (χ1) is 4.86. The highest BCUT2D eigenvalue weighted by Crippen LogP contribution is 2.31. The zero-order valence-corrected chi connectivity index (χ0v) is 7.53. The summed E-state index contributed by atoms with van der Waals surface area (Å²) >= 11 is 5.80. The fraction of sp³-hybridized carbons (Fsp3) is 1.00. The Morgan fingerprint density at radius 2 is 2.00 bits per heavy atom. The van der Waals surface area contributed by atoms with Gasteiger partial charge in [0, 0.05) is 5.88 Å². The van der Waals surface area contributed by atoms with Gasteiger partial charge in [0.2, 0.25) is 0 Å². The van der Waals surface area contributed by atoms with Gasteiger partial charge in [0.15, 0.2) is 0 Å². The normalized spacial score (nSPS) is 34.2. The van der Waals surface area contributed by atoms with Crippen LogP contribution in [0, 0.1) is 11.8 Å². The fourth-order valence-electron chi connectivity index (χ4n) is 1.91. The molecule has 0 N–H and O–H groups in total. The van der Waals surface area contributed by atoms with E-state index in [1.54, 1.807) is 0 Å². The lowest BCUT2D eigenvalue weighted by Crippen LogP contribution is -2.15. The molecular formula is C9H17Cl. The highest BCUT2D eigenvalue weighted by atomic mass is 35.5. The molecule has 10 heavy (non-hydrogen) atoms. The first-order valence-corrected chi connectivity index (χ1v) is 4.96. The van der Waals surface area contributed by atoms with Gasteiger partial charge in [0.25, 0.3) is 0 Å². The second-order valence-corrected chi connectivity index (χ2v) is 3.77. The molecule has 0 aromatic rings. The number of hydrogen-bond donors (Lipinski definition) is 0. The Balaban J connectivity index is 2.25. The topological polar surface area (TPSA) is 0 Å². The molecule has 1 heteroatoms. The van der Waals surface area contributed by atoms with E-state index in [0.29, 0.717) is 0 Å². The fourth-order valence-corrected chi connectivity index (χ4v) is 2.19. The highest BCUT2D eigenvalue weighted by molar-refractivity contribution is 6.18. The molecule has 0 aliphatic heterocycles. The Morgan fingerprint density at radius 3 is 2.60 bits per heavy atom. The van der Waals surface area contributed by atoms with Gasteiger partial charge in [-0.1, -0.05) is 26.2 Å². The van der Waals surface area contributed by atoms with Crippen LogP contribution >= 0.6 is 11.6 Å². The van der Waals surface area contributed by atoms with Crippen molar-refractivity contribution in [3.8, 4) is 0 Å². The lowest BCUT2D eigenvalue weighted by molar-refractivity contribution is 0.279. The van der Waals surface area contributed by atoms with E-state index in [-0.39, 0.29) is 0 Å². The summed E-state index contributed by atoms with van der Waals surface area (Å²) in [6.07, 6.45) is 6.98. The van der Waals surface area contributed by atoms with E-state index in [1.807, 2.05) is 0 Å². The Bertz CT molecular complexity index is 80.7. The van der Waals surface area contributed by atoms with E-state index < -0.39 is 0 Å². The van der Waals surface area contributed by atoms with Gasteiger partial charge in [-0.25, -0.2) is 0 Å². The Kier molecular flexibility index (Phi) is 3.55. The van der Waals surface area contributed by atoms with E-state index >= 15 is 0 Å². The van der Waals surface area contributed by atoms with E-state index in [0.717, 1.165) is 17.7 Å². The van der Waals surface area contributed by atoms with Crippen LogP contribution in [0.15, 0.2) is 0 Å². The first kappa shape index (κ1) is 8.39. The molecule has 0 aromatic heterocycles. The zero-order valence-electron chi connectivity index (χ0n) is 6.78. The van der Waals surface area contributed by atoms with E-state index in [4.69, 9.17) is 11.6 Å². The Labute approximate surface area is 69.0 Å². The van der Waals surface area contributed by atoms with Crippen molar-refractivity contribution in [1.82, 2.24) is 0 Å². The van der Waals surface area contributed by atoms with Crippen molar-refractivity contribution in [1.29, 1.82) is 0 Å². The predicted molar refractivity (Wildman–Crippen MR) is 46.5 cm³/mol. The SMILES string of the molecule is CCC1CCCC(CCl)C1. The minimum absolute atomic E-state index is 0.834. The second kappa shape index (κ2) is 4.23. The zero-order chi connectivity index (χ0) is 7.40. The summed E-state index contributed by atoms with van der Waals surface area (Å²) < 4.78 is 0. The van der Waals surface area contributed by atoms with Crippen LogP contribution in [0.2, 0.25) is 0 Å². The van der Waals surface area contributed by atoms with E-state index in [2.05, 4.69) is 6.92 Å². The molecular weight excluding hydrogens is 144 g/mol. The molecule has 0 nitrogen and oxygen atoms in total. The third-order valence-electron chi connectivity index (χ3n) is 2.69. The molecule has 0 radical (unpaired) electrons. The van der Waals surface area contributed by atoms with Crippen LogP contribution in [-0.2, 0) is 0 Å². The number of hydrogen-bond acceptors (Lipinski definition) is 0. The summed E-state index contributed by atoms with van der Waals surface area (Å²) in [5.74, 6) is 2.70. The van der Waals surface area contributed by atoms with Crippen molar-refractivity contribution in [2.45, 2.75) is 39.0 Å². The Morgan fingerprint density at radius 1 is 1.30 bits per heavy atom. The van der Waals surface area contributed by atoms with E-state index in [1.165, 1.54) is 32.1 Å². The van der Waals surface area contributed by atoms with Crippen molar-refractivity contribution in [3.63, 3.8) is 0 Å². The van der Waals surface area contributed by atoms with Crippen LogP contribution in [-0.4, -0.2) is 5.88 Å². The molecule has 2 atom stereocenters. The molecule has 2 unspecified atom stereocenters. The van der Waals surface area contributed by atoms with Crippen molar-refractivity contribution >= 4 is 11.6 Å². The lowest BCUT2D eigenvalue weighted by Gasteiger charge is -2.26. The Hall–Kier alpha value is 0.290. The molecule has 1 fully saturated rings. The molecule has 1 rings (SSSR count). The van der Waals surface area contributed by atoms with Gasteiger partial charge in [-0.2, -0.15) is 0 Å². The summed E-state index contributed by atoms with van der Waals surface area (Å²) in [5, 5.41) is 0. The van der Waals surface area contributed by atoms with Crippen molar-refractivity contribution in [2.75, 3.05) is 5.88 Å². The summed E-state index contributed by atoms with van der Waals surface area (Å²) in [7, 11) is 0. The molecule has 1 saturated carbocycles. The standard InChI is InChI=1S/C9H17Cl/c1-2-8-4-3-5-9(6-8)7-10/h8-9H,2-7H2,1H3. The molecule has 0 heterocycles. The van der Waals surface area contributed by atoms with E-state index in [9.17, 15) is 0 Å². The summed E-state index contributed by atoms with van der Waals surface area (Å²) in [5.41, 5.74) is 0. The maximum absolute atomic E-state index is 5.80. The molecule has 60 valence electrons. The summed E-state index contributed by atoms with van der Waals surface area (Å²) in [6, 6.07) is 0. The van der Waals surface area contributed by atoms with Gasteiger partial charge in [-0.3, -0.25) is 0 Å². The minimum Gasteiger partial charge on any atom is -0.126 e. The predicted octanol–water partition coefficient (Wildman–Crippen LogP) is 3.44. The molecule has 1 aliphatic rings. The van der Waals surface area contributed by atoms with Crippen molar-refractivity contribution < 1.29 is 0 Å². The van der Waals surface area contributed by atoms with Crippen LogP contribution in [0.4, 0.5) is 0 Å². The molecule has 0 aromatic carbocycles. The van der Waals surface area contributed by atoms with Gasteiger partial charge in [0.1, 0.15) is 0 Å². The average Bonchev–Trinajstić information content (AvgIpc) is 2.05. The summed E-state index contributed by atoms with van der Waals surface area (Å²) in [6.45, 7) is 2.29. The van der Waals surface area contributed by atoms with Crippen LogP contribution in [0.3, 0.4) is 0 Å². The van der Waals surface area contributed by atoms with Crippen molar-refractivity contribution in [2.24, 2.45) is 11.8 Å². The smallest absolute Gasteiger partial charge is 0.0251 e. The van der Waals surface area contributed by atoms with Crippen LogP contribution in [0.1, 0.15) is 39.0 Å². The lowest BCUT2D eigenvalue weighted by atomic mass is 9.81. The van der Waals surface area contributed by atoms with Gasteiger partial charge in [0.05, 0.1) is 0 Å². The maximum atomic E-state index is 5.80. The van der Waals surface area contributed by atoms with Gasteiger partial charge in [-0.15, -0.1) is 11.6 Å². The van der Waals surface area contributed by atoms with Crippen LogP contribution in [0.25, 0.3) is 0 Å². The third-order valence-corrected chi connectivity index (χ3v) is 3.12. The maximum Gasteiger partial charge on any atom is 0.0251 e. The number of alkyl halides is 1. The largest absolute Gasteiger partial charge is 0.126 e. The molecule has 0 saturated heterocycles. The van der Waals surface area contributed by atoms with Gasteiger partial charge >= 0.3 is 0 Å². The third kappa shape index (κ3) is 2.16. The highest BCUT2D eigenvalue weighted by Gasteiger charge is 2.19. The molecule has 1 aliphatic carbocycles. The van der Waals surface area contributed by atoms with Crippen LogP contribution in [0.5, 0.6) is 0 Å². The molecule has 0 amide bonds. The number of rotatable bonds is 2. The van der Waals surface area contributed by atoms with Crippen LogP contribution < -0.4 is 0 Å². The second-order valence-electron chi connectivity index (χ2n) is 3.46. The molecule has 0 bridgehead atoms. The van der Waals surface area contributed by atoms with Gasteiger partial charge in [-0.05, 0) is 24.7 Å². The summed E-state index contributed by atoms with van der Waals surface area (Å²) in [4.78, 5) is 0. The minimum atomic E-state index is 0.834. The molecule has 0 spiro atoms. The average molecular weight is 161 g/mol. The first-order valence-electron chi connectivity index (χ1n) is 4.42. The quantitative estimate of drug-likeness (QED) is 0.543. The number of halogens is 1. The monoisotopic (exact) mass is 160 g/mol. The van der Waals surface area contributed by atoms with Gasteiger partial charge < -0.3 is 0 Å². The van der Waals surface area contributed by atoms with Crippen molar-refractivity contribution in [3.05, 3.63) is 0 Å².